The first kappa shape index (κ1) is 16.5. The molecule has 0 aromatic rings. The number of amides is 1. The fraction of sp³-hybridized carbons (Fsp3) is 0.429. The Labute approximate surface area is 123 Å². The van der Waals surface area contributed by atoms with Crippen molar-refractivity contribution in [3.8, 4) is 0 Å². The van der Waals surface area contributed by atoms with Crippen LogP contribution in [0.3, 0.4) is 0 Å². The fourth-order valence-electron chi connectivity index (χ4n) is 1.57. The maximum absolute atomic E-state index is 11.7. The molecule has 0 bridgehead atoms. The Bertz CT molecular complexity index is 442. The summed E-state index contributed by atoms with van der Waals surface area (Å²) in [5.74, 6) is -0.476. The van der Waals surface area contributed by atoms with Crippen molar-refractivity contribution in [1.29, 1.82) is 5.41 Å². The number of allylic oxidation sites excluding steroid dienone is 3. The van der Waals surface area contributed by atoms with Crippen LogP contribution < -0.4 is 5.32 Å². The molecule has 0 unspecified atom stereocenters. The summed E-state index contributed by atoms with van der Waals surface area (Å²) < 4.78 is 10.4. The van der Waals surface area contributed by atoms with E-state index < -0.39 is 5.91 Å². The highest BCUT2D eigenvalue weighted by Crippen LogP contribution is 2.10. The van der Waals surface area contributed by atoms with E-state index in [1.54, 1.807) is 6.92 Å². The first-order valence-electron chi connectivity index (χ1n) is 6.43. The normalized spacial score (nSPS) is 15.2. The second-order valence-corrected chi connectivity index (χ2v) is 4.39. The van der Waals surface area contributed by atoms with Gasteiger partial charge in [-0.2, -0.15) is 0 Å². The van der Waals surface area contributed by atoms with Crippen LogP contribution in [-0.4, -0.2) is 32.1 Å². The van der Waals surface area contributed by atoms with Crippen molar-refractivity contribution < 1.29 is 14.3 Å². The third-order valence-corrected chi connectivity index (χ3v) is 2.88. The minimum atomic E-state index is -0.521. The van der Waals surface area contributed by atoms with Crippen LogP contribution in [0.25, 0.3) is 0 Å². The van der Waals surface area contributed by atoms with E-state index in [1.165, 1.54) is 0 Å². The van der Waals surface area contributed by atoms with Crippen LogP contribution in [0.15, 0.2) is 34.6 Å². The molecule has 1 aliphatic rings. The van der Waals surface area contributed by atoms with Crippen LogP contribution in [0.4, 0.5) is 0 Å². The van der Waals surface area contributed by atoms with E-state index in [9.17, 15) is 4.79 Å². The van der Waals surface area contributed by atoms with E-state index in [1.807, 2.05) is 6.08 Å². The molecule has 0 spiro atoms. The monoisotopic (exact) mass is 298 g/mol. The molecule has 0 aromatic heterocycles. The van der Waals surface area contributed by atoms with Crippen molar-refractivity contribution >= 4 is 23.7 Å². The molecule has 1 rings (SSSR count). The zero-order valence-electron chi connectivity index (χ0n) is 11.4. The highest BCUT2D eigenvalue weighted by molar-refractivity contribution is 6.43. The van der Waals surface area contributed by atoms with E-state index in [2.05, 4.69) is 17.5 Å². The van der Waals surface area contributed by atoms with Crippen LogP contribution >= 0.6 is 11.6 Å². The number of hydrogen-bond acceptors (Lipinski definition) is 4. The zero-order valence-corrected chi connectivity index (χ0v) is 12.2. The van der Waals surface area contributed by atoms with Crippen LogP contribution in [0.1, 0.15) is 19.8 Å². The minimum absolute atomic E-state index is 0.0459. The average molecular weight is 299 g/mol. The number of hydrogen-bond donors (Lipinski definition) is 2. The topological polar surface area (TPSA) is 71.4 Å². The van der Waals surface area contributed by atoms with E-state index in [4.69, 9.17) is 26.5 Å². The number of carbonyl (C=O) groups is 1. The molecule has 0 aliphatic heterocycles. The van der Waals surface area contributed by atoms with E-state index in [-0.39, 0.29) is 17.5 Å². The summed E-state index contributed by atoms with van der Waals surface area (Å²) in [6, 6.07) is 0. The summed E-state index contributed by atoms with van der Waals surface area (Å²) in [7, 11) is 0. The summed E-state index contributed by atoms with van der Waals surface area (Å²) in [4.78, 5) is 11.7. The van der Waals surface area contributed by atoms with Crippen molar-refractivity contribution in [3.63, 3.8) is 0 Å². The third kappa shape index (κ3) is 5.59. The van der Waals surface area contributed by atoms with Gasteiger partial charge in [-0.3, -0.25) is 4.79 Å². The standard InChI is InChI=1S/C14H19ClN2O3/c1-2-20-12(8-16)13(15)14(18)17-10-19-9-11-6-4-3-5-7-11/h4,6-8,16H,2-3,5,9-10H2,1H3,(H,17,18)/b13-12-,16-8?. The first-order chi connectivity index (χ1) is 9.69. The van der Waals surface area contributed by atoms with Crippen LogP contribution in [-0.2, 0) is 14.3 Å². The fourth-order valence-corrected chi connectivity index (χ4v) is 1.75. The number of nitrogens with one attached hydrogen (secondary N) is 2. The zero-order chi connectivity index (χ0) is 14.8. The number of carbonyl (C=O) groups excluding carboxylic acids is 1. The lowest BCUT2D eigenvalue weighted by Gasteiger charge is -2.10. The van der Waals surface area contributed by atoms with Gasteiger partial charge in [-0.25, -0.2) is 0 Å². The Hall–Kier alpha value is -1.59. The Morgan fingerprint density at radius 3 is 2.95 bits per heavy atom. The second-order valence-electron chi connectivity index (χ2n) is 4.01. The summed E-state index contributed by atoms with van der Waals surface area (Å²) in [5.41, 5.74) is 1.10. The summed E-state index contributed by atoms with van der Waals surface area (Å²) in [6.45, 7) is 2.59. The molecule has 0 saturated heterocycles. The van der Waals surface area contributed by atoms with Crippen molar-refractivity contribution in [2.24, 2.45) is 0 Å². The lowest BCUT2D eigenvalue weighted by molar-refractivity contribution is -0.118. The van der Waals surface area contributed by atoms with Gasteiger partial charge in [0.15, 0.2) is 5.76 Å². The van der Waals surface area contributed by atoms with Crippen LogP contribution in [0.5, 0.6) is 0 Å². The molecule has 0 aromatic carbocycles. The van der Waals surface area contributed by atoms with E-state index in [0.717, 1.165) is 24.6 Å². The van der Waals surface area contributed by atoms with Crippen molar-refractivity contribution in [2.75, 3.05) is 19.9 Å². The maximum Gasteiger partial charge on any atom is 0.268 e. The van der Waals surface area contributed by atoms with Gasteiger partial charge in [0.2, 0.25) is 0 Å². The van der Waals surface area contributed by atoms with E-state index >= 15 is 0 Å². The number of rotatable bonds is 8. The molecule has 5 nitrogen and oxygen atoms in total. The van der Waals surface area contributed by atoms with E-state index in [0.29, 0.717) is 13.2 Å². The van der Waals surface area contributed by atoms with Crippen LogP contribution in [0.2, 0.25) is 0 Å². The Morgan fingerprint density at radius 1 is 1.55 bits per heavy atom. The molecule has 1 aliphatic carbocycles. The van der Waals surface area contributed by atoms with Gasteiger partial charge in [0, 0.05) is 0 Å². The third-order valence-electron chi connectivity index (χ3n) is 2.52. The van der Waals surface area contributed by atoms with Gasteiger partial charge in [-0.1, -0.05) is 29.8 Å². The predicted molar refractivity (Wildman–Crippen MR) is 78.7 cm³/mol. The van der Waals surface area contributed by atoms with Gasteiger partial charge in [-0.05, 0) is 25.3 Å². The molecule has 110 valence electrons. The summed E-state index contributed by atoms with van der Waals surface area (Å²) in [5, 5.41) is 9.47. The molecule has 0 heterocycles. The Balaban J connectivity index is 2.33. The maximum atomic E-state index is 11.7. The van der Waals surface area contributed by atoms with Gasteiger partial charge in [0.1, 0.15) is 11.8 Å². The van der Waals surface area contributed by atoms with Gasteiger partial charge in [0.05, 0.1) is 19.4 Å². The molecular weight excluding hydrogens is 280 g/mol. The molecule has 20 heavy (non-hydrogen) atoms. The molecule has 0 fully saturated rings. The quantitative estimate of drug-likeness (QED) is 0.238. The highest BCUT2D eigenvalue weighted by Gasteiger charge is 2.12. The summed E-state index contributed by atoms with van der Waals surface area (Å²) in [6.07, 6.45) is 9.20. The van der Waals surface area contributed by atoms with Gasteiger partial charge < -0.3 is 20.2 Å². The predicted octanol–water partition coefficient (Wildman–Crippen LogP) is 2.49. The number of halogens is 1. The lowest BCUT2D eigenvalue weighted by Crippen LogP contribution is -2.27. The molecule has 2 N–H and O–H groups in total. The second kappa shape index (κ2) is 9.34. The SMILES string of the molecule is CCO/C(C=N)=C(\Cl)C(=O)NCOCC1=CCCC=C1. The van der Waals surface area contributed by atoms with Crippen LogP contribution in [0, 0.1) is 5.41 Å². The average Bonchev–Trinajstić information content (AvgIpc) is 2.49. The van der Waals surface area contributed by atoms with Crippen molar-refractivity contribution in [3.05, 3.63) is 34.6 Å². The summed E-state index contributed by atoms with van der Waals surface area (Å²) >= 11 is 5.82. The van der Waals surface area contributed by atoms with Crippen molar-refractivity contribution in [2.45, 2.75) is 19.8 Å². The molecule has 0 atom stereocenters. The van der Waals surface area contributed by atoms with Gasteiger partial charge in [-0.15, -0.1) is 0 Å². The molecule has 6 heteroatoms. The van der Waals surface area contributed by atoms with Crippen molar-refractivity contribution in [1.82, 2.24) is 5.32 Å². The Kier molecular flexibility index (Phi) is 7.69. The van der Waals surface area contributed by atoms with Gasteiger partial charge >= 0.3 is 0 Å². The molecule has 0 radical (unpaired) electrons. The minimum Gasteiger partial charge on any atom is -0.491 e. The Morgan fingerprint density at radius 2 is 2.35 bits per heavy atom. The lowest BCUT2D eigenvalue weighted by atomic mass is 10.1. The molecular formula is C14H19ClN2O3. The molecule has 0 saturated carbocycles. The number of ether oxygens (including phenoxy) is 2. The first-order valence-corrected chi connectivity index (χ1v) is 6.81. The highest BCUT2D eigenvalue weighted by atomic mass is 35.5. The molecule has 1 amide bonds. The van der Waals surface area contributed by atoms with Gasteiger partial charge in [0.25, 0.3) is 5.91 Å². The largest absolute Gasteiger partial charge is 0.491 e. The smallest absolute Gasteiger partial charge is 0.268 e.